The van der Waals surface area contributed by atoms with Crippen LogP contribution in [0.5, 0.6) is 0 Å². The molecule has 0 saturated carbocycles. The van der Waals surface area contributed by atoms with E-state index < -0.39 is 10.0 Å². The number of nitrogens with one attached hydrogen (secondary N) is 2. The van der Waals surface area contributed by atoms with Crippen LogP contribution in [0, 0.1) is 20.8 Å². The van der Waals surface area contributed by atoms with Crippen LogP contribution < -0.4 is 10.0 Å². The molecule has 3 rings (SSSR count). The maximum absolute atomic E-state index is 13.0. The minimum absolute atomic E-state index is 0.0447. The molecule has 1 amide bonds. The van der Waals surface area contributed by atoms with Gasteiger partial charge in [0.05, 0.1) is 10.7 Å². The smallest absolute Gasteiger partial charge is 0.263 e. The number of hydrogen-bond donors (Lipinski definition) is 2. The normalized spacial score (nSPS) is 11.2. The van der Waals surface area contributed by atoms with E-state index in [1.165, 1.54) is 18.2 Å². The van der Waals surface area contributed by atoms with Crippen LogP contribution in [-0.2, 0) is 16.6 Å². The van der Waals surface area contributed by atoms with Gasteiger partial charge in [-0.2, -0.15) is 0 Å². The third-order valence-electron chi connectivity index (χ3n) is 4.82. The van der Waals surface area contributed by atoms with Crippen LogP contribution >= 0.6 is 11.6 Å². The molecule has 30 heavy (non-hydrogen) atoms. The van der Waals surface area contributed by atoms with Crippen molar-refractivity contribution in [2.45, 2.75) is 32.2 Å². The van der Waals surface area contributed by atoms with Gasteiger partial charge >= 0.3 is 0 Å². The molecule has 3 aromatic rings. The Bertz CT molecular complexity index is 1210. The molecule has 0 atom stereocenters. The first-order chi connectivity index (χ1) is 14.2. The molecule has 0 aliphatic rings. The number of carbonyl (C=O) groups is 1. The van der Waals surface area contributed by atoms with Crippen LogP contribution in [0.25, 0.3) is 0 Å². The molecule has 0 saturated heterocycles. The summed E-state index contributed by atoms with van der Waals surface area (Å²) in [7, 11) is -3.98. The van der Waals surface area contributed by atoms with Crippen LogP contribution in [0.4, 0.5) is 5.69 Å². The van der Waals surface area contributed by atoms with E-state index >= 15 is 0 Å². The lowest BCUT2D eigenvalue weighted by Gasteiger charge is -2.14. The van der Waals surface area contributed by atoms with Crippen molar-refractivity contribution in [3.63, 3.8) is 0 Å². The molecule has 0 bridgehead atoms. The van der Waals surface area contributed by atoms with Gasteiger partial charge in [-0.15, -0.1) is 0 Å². The molecule has 0 radical (unpaired) electrons. The number of amides is 1. The van der Waals surface area contributed by atoms with Gasteiger partial charge in [0.1, 0.15) is 4.90 Å². The summed E-state index contributed by atoms with van der Waals surface area (Å²) in [5.74, 6) is -0.377. The van der Waals surface area contributed by atoms with Crippen molar-refractivity contribution in [1.82, 2.24) is 5.32 Å². The van der Waals surface area contributed by atoms with E-state index in [1.807, 2.05) is 57.2 Å². The number of rotatable bonds is 6. The maximum Gasteiger partial charge on any atom is 0.263 e. The number of aryl methyl sites for hydroxylation is 3. The summed E-state index contributed by atoms with van der Waals surface area (Å²) in [6, 6.07) is 17.4. The molecule has 156 valence electrons. The van der Waals surface area contributed by atoms with Gasteiger partial charge < -0.3 is 5.32 Å². The lowest BCUT2D eigenvalue weighted by atomic mass is 10.1. The van der Waals surface area contributed by atoms with Crippen molar-refractivity contribution in [3.8, 4) is 0 Å². The highest BCUT2D eigenvalue weighted by atomic mass is 35.5. The minimum atomic E-state index is -3.98. The molecule has 0 aliphatic carbocycles. The molecular formula is C23H23ClN2O3S. The number of anilines is 1. The van der Waals surface area contributed by atoms with Gasteiger partial charge in [-0.25, -0.2) is 8.42 Å². The van der Waals surface area contributed by atoms with Gasteiger partial charge in [0.2, 0.25) is 0 Å². The van der Waals surface area contributed by atoms with Crippen molar-refractivity contribution < 1.29 is 13.2 Å². The lowest BCUT2D eigenvalue weighted by molar-refractivity contribution is 0.0950. The van der Waals surface area contributed by atoms with Gasteiger partial charge in [-0.1, -0.05) is 48.0 Å². The molecule has 0 heterocycles. The molecule has 5 nitrogen and oxygen atoms in total. The van der Waals surface area contributed by atoms with Crippen LogP contribution in [0.1, 0.15) is 32.6 Å². The summed E-state index contributed by atoms with van der Waals surface area (Å²) in [5, 5.41) is 2.87. The fourth-order valence-electron chi connectivity index (χ4n) is 2.98. The first kappa shape index (κ1) is 21.9. The van der Waals surface area contributed by atoms with Crippen LogP contribution in [0.2, 0.25) is 5.02 Å². The Hall–Kier alpha value is -2.83. The van der Waals surface area contributed by atoms with Crippen molar-refractivity contribution in [3.05, 3.63) is 93.5 Å². The minimum Gasteiger partial charge on any atom is -0.348 e. The van der Waals surface area contributed by atoms with Gasteiger partial charge in [0.15, 0.2) is 0 Å². The highest BCUT2D eigenvalue weighted by Gasteiger charge is 2.21. The van der Waals surface area contributed by atoms with Gasteiger partial charge in [-0.3, -0.25) is 9.52 Å². The summed E-state index contributed by atoms with van der Waals surface area (Å²) in [5.41, 5.74) is 4.45. The Labute approximate surface area is 182 Å². The average molecular weight is 443 g/mol. The van der Waals surface area contributed by atoms with Gasteiger partial charge in [-0.05, 0) is 67.3 Å². The molecule has 2 N–H and O–H groups in total. The Morgan fingerprint density at radius 1 is 0.933 bits per heavy atom. The molecular weight excluding hydrogens is 420 g/mol. The predicted octanol–water partition coefficient (Wildman–Crippen LogP) is 5.00. The number of carbonyl (C=O) groups excluding carboxylic acids is 1. The Morgan fingerprint density at radius 3 is 2.40 bits per heavy atom. The van der Waals surface area contributed by atoms with Crippen molar-refractivity contribution in [1.29, 1.82) is 0 Å². The second kappa shape index (κ2) is 8.90. The summed E-state index contributed by atoms with van der Waals surface area (Å²) in [6.45, 7) is 6.00. The highest BCUT2D eigenvalue weighted by Crippen LogP contribution is 2.27. The molecule has 0 spiro atoms. The second-order valence-electron chi connectivity index (χ2n) is 7.18. The monoisotopic (exact) mass is 442 g/mol. The summed E-state index contributed by atoms with van der Waals surface area (Å²) in [6.07, 6.45) is 0. The number of sulfonamides is 1. The third-order valence-corrected chi connectivity index (χ3v) is 6.67. The topological polar surface area (TPSA) is 75.3 Å². The zero-order valence-corrected chi connectivity index (χ0v) is 18.6. The summed E-state index contributed by atoms with van der Waals surface area (Å²) >= 11 is 6.17. The Morgan fingerprint density at radius 2 is 1.67 bits per heavy atom. The van der Waals surface area contributed by atoms with E-state index in [-0.39, 0.29) is 21.4 Å². The molecule has 0 unspecified atom stereocenters. The zero-order valence-electron chi connectivity index (χ0n) is 17.0. The van der Waals surface area contributed by atoms with Crippen molar-refractivity contribution >= 4 is 33.2 Å². The first-order valence-electron chi connectivity index (χ1n) is 9.40. The van der Waals surface area contributed by atoms with Crippen molar-refractivity contribution in [2.24, 2.45) is 0 Å². The molecule has 0 fully saturated rings. The van der Waals surface area contributed by atoms with E-state index in [2.05, 4.69) is 10.0 Å². The fourth-order valence-corrected chi connectivity index (χ4v) is 4.63. The number of halogens is 1. The Kier molecular flexibility index (Phi) is 6.48. The quantitative estimate of drug-likeness (QED) is 0.564. The largest absolute Gasteiger partial charge is 0.348 e. The lowest BCUT2D eigenvalue weighted by Crippen LogP contribution is -2.24. The molecule has 0 aromatic heterocycles. The Balaban J connectivity index is 1.84. The molecule has 0 aliphatic heterocycles. The number of hydrogen-bond acceptors (Lipinski definition) is 3. The van der Waals surface area contributed by atoms with Gasteiger partial charge in [0, 0.05) is 12.1 Å². The highest BCUT2D eigenvalue weighted by molar-refractivity contribution is 7.92. The zero-order chi connectivity index (χ0) is 21.9. The van der Waals surface area contributed by atoms with Crippen LogP contribution in [-0.4, -0.2) is 14.3 Å². The SMILES string of the molecule is Cc1ccc(C)c(NS(=O)(=O)c2cc(C(=O)NCc3ccccc3C)ccc2Cl)c1. The third kappa shape index (κ3) is 5.01. The molecule has 7 heteroatoms. The van der Waals surface area contributed by atoms with E-state index in [0.717, 1.165) is 22.3 Å². The van der Waals surface area contributed by atoms with E-state index in [0.29, 0.717) is 12.2 Å². The molecule has 3 aromatic carbocycles. The standard InChI is InChI=1S/C23H23ClN2O3S/c1-15-8-9-17(3)21(12-15)26-30(28,29)22-13-18(10-11-20(22)24)23(27)25-14-19-7-5-4-6-16(19)2/h4-13,26H,14H2,1-3H3,(H,25,27). The van der Waals surface area contributed by atoms with Crippen molar-refractivity contribution in [2.75, 3.05) is 4.72 Å². The first-order valence-corrected chi connectivity index (χ1v) is 11.3. The predicted molar refractivity (Wildman–Crippen MR) is 121 cm³/mol. The summed E-state index contributed by atoms with van der Waals surface area (Å²) in [4.78, 5) is 12.5. The van der Waals surface area contributed by atoms with Crippen LogP contribution in [0.3, 0.4) is 0 Å². The van der Waals surface area contributed by atoms with E-state index in [9.17, 15) is 13.2 Å². The van der Waals surface area contributed by atoms with Gasteiger partial charge in [0.25, 0.3) is 15.9 Å². The van der Waals surface area contributed by atoms with E-state index in [1.54, 1.807) is 6.07 Å². The maximum atomic E-state index is 13.0. The second-order valence-corrected chi connectivity index (χ2v) is 9.24. The number of benzene rings is 3. The summed E-state index contributed by atoms with van der Waals surface area (Å²) < 4.78 is 28.5. The fraction of sp³-hybridized carbons (Fsp3) is 0.174. The van der Waals surface area contributed by atoms with Crippen LogP contribution in [0.15, 0.2) is 65.6 Å². The van der Waals surface area contributed by atoms with E-state index in [4.69, 9.17) is 11.6 Å². The average Bonchev–Trinajstić information content (AvgIpc) is 2.70.